The highest BCUT2D eigenvalue weighted by molar-refractivity contribution is 6.00. The van der Waals surface area contributed by atoms with Crippen molar-refractivity contribution in [3.63, 3.8) is 0 Å². The zero-order valence-electron chi connectivity index (χ0n) is 11.9. The van der Waals surface area contributed by atoms with Crippen molar-refractivity contribution in [2.75, 3.05) is 18.8 Å². The Morgan fingerprint density at radius 3 is 2.55 bits per heavy atom. The van der Waals surface area contributed by atoms with E-state index in [2.05, 4.69) is 5.32 Å². The molecule has 0 radical (unpaired) electrons. The molecule has 0 unspecified atom stereocenters. The molecule has 0 aliphatic heterocycles. The highest BCUT2D eigenvalue weighted by Gasteiger charge is 2.19. The van der Waals surface area contributed by atoms with Crippen LogP contribution in [0.2, 0.25) is 0 Å². The van der Waals surface area contributed by atoms with Crippen molar-refractivity contribution in [1.82, 2.24) is 10.2 Å². The number of hydrogen-bond acceptors (Lipinski definition) is 3. The average Bonchev–Trinajstić information content (AvgIpc) is 2.34. The van der Waals surface area contributed by atoms with Gasteiger partial charge in [0.15, 0.2) is 0 Å². The third-order valence-electron chi connectivity index (χ3n) is 2.70. The van der Waals surface area contributed by atoms with Gasteiger partial charge in [-0.2, -0.15) is 0 Å². The predicted molar refractivity (Wildman–Crippen MR) is 75.7 cm³/mol. The topological polar surface area (TPSA) is 75.4 Å². The maximum atomic E-state index is 13.0. The summed E-state index contributed by atoms with van der Waals surface area (Å²) in [5.41, 5.74) is 5.91. The Hall–Kier alpha value is -2.11. The van der Waals surface area contributed by atoms with E-state index in [4.69, 9.17) is 5.73 Å². The van der Waals surface area contributed by atoms with E-state index in [-0.39, 0.29) is 35.7 Å². The van der Waals surface area contributed by atoms with Gasteiger partial charge in [0, 0.05) is 18.3 Å². The van der Waals surface area contributed by atoms with Crippen molar-refractivity contribution in [2.45, 2.75) is 26.8 Å². The van der Waals surface area contributed by atoms with E-state index in [0.717, 1.165) is 6.07 Å². The summed E-state index contributed by atoms with van der Waals surface area (Å²) in [6.07, 6.45) is 0. The van der Waals surface area contributed by atoms with Crippen LogP contribution in [0.4, 0.5) is 10.1 Å². The Kier molecular flexibility index (Phi) is 5.49. The Balaban J connectivity index is 2.84. The van der Waals surface area contributed by atoms with Crippen LogP contribution in [-0.2, 0) is 4.79 Å². The molecule has 0 spiro atoms. The van der Waals surface area contributed by atoms with Crippen LogP contribution >= 0.6 is 0 Å². The summed E-state index contributed by atoms with van der Waals surface area (Å²) in [6.45, 7) is 5.76. The first kappa shape index (κ1) is 15.9. The first-order chi connectivity index (χ1) is 9.35. The monoisotopic (exact) mass is 281 g/mol. The highest BCUT2D eigenvalue weighted by Crippen LogP contribution is 2.15. The van der Waals surface area contributed by atoms with Crippen LogP contribution in [0.3, 0.4) is 0 Å². The van der Waals surface area contributed by atoms with E-state index in [1.54, 1.807) is 6.92 Å². The molecule has 0 fully saturated rings. The van der Waals surface area contributed by atoms with Gasteiger partial charge >= 0.3 is 0 Å². The lowest BCUT2D eigenvalue weighted by molar-refractivity contribution is -0.122. The molecule has 2 amide bonds. The predicted octanol–water partition coefficient (Wildman–Crippen LogP) is 1.39. The molecule has 0 aromatic heterocycles. The van der Waals surface area contributed by atoms with E-state index in [1.165, 1.54) is 17.0 Å². The van der Waals surface area contributed by atoms with Crippen LogP contribution in [0.15, 0.2) is 18.2 Å². The first-order valence-corrected chi connectivity index (χ1v) is 6.48. The molecule has 0 saturated carbocycles. The Morgan fingerprint density at radius 1 is 1.40 bits per heavy atom. The number of anilines is 1. The van der Waals surface area contributed by atoms with Gasteiger partial charge in [0.05, 0.1) is 12.1 Å². The molecule has 5 nitrogen and oxygen atoms in total. The van der Waals surface area contributed by atoms with E-state index in [0.29, 0.717) is 6.54 Å². The number of nitrogen functional groups attached to an aromatic ring is 1. The second-order valence-corrected chi connectivity index (χ2v) is 4.77. The molecule has 0 saturated heterocycles. The molecule has 1 aromatic rings. The normalized spacial score (nSPS) is 10.4. The molecule has 110 valence electrons. The number of rotatable bonds is 5. The molecule has 0 atom stereocenters. The molecule has 6 heteroatoms. The summed E-state index contributed by atoms with van der Waals surface area (Å²) in [6, 6.07) is 3.60. The van der Waals surface area contributed by atoms with E-state index >= 15 is 0 Å². The number of amides is 2. The van der Waals surface area contributed by atoms with Crippen LogP contribution in [0.1, 0.15) is 31.1 Å². The van der Waals surface area contributed by atoms with Gasteiger partial charge in [0.1, 0.15) is 5.82 Å². The minimum atomic E-state index is -0.500. The number of halogens is 1. The number of carbonyl (C=O) groups is 2. The van der Waals surface area contributed by atoms with E-state index < -0.39 is 5.82 Å². The number of likely N-dealkylation sites (N-methyl/N-ethyl adjacent to an activating group) is 1. The highest BCUT2D eigenvalue weighted by atomic mass is 19.1. The van der Waals surface area contributed by atoms with Crippen LogP contribution in [0.5, 0.6) is 0 Å². The van der Waals surface area contributed by atoms with Crippen LogP contribution in [-0.4, -0.2) is 35.8 Å². The molecule has 0 bridgehead atoms. The molecule has 0 aliphatic carbocycles. The van der Waals surface area contributed by atoms with Gasteiger partial charge in [0.25, 0.3) is 5.91 Å². The van der Waals surface area contributed by atoms with Gasteiger partial charge < -0.3 is 16.0 Å². The molecule has 3 N–H and O–H groups in total. The molecule has 20 heavy (non-hydrogen) atoms. The summed E-state index contributed by atoms with van der Waals surface area (Å²) >= 11 is 0. The largest absolute Gasteiger partial charge is 0.398 e. The van der Waals surface area contributed by atoms with Gasteiger partial charge in [0.2, 0.25) is 5.91 Å². The fourth-order valence-corrected chi connectivity index (χ4v) is 1.77. The van der Waals surface area contributed by atoms with E-state index in [1.807, 2.05) is 13.8 Å². The van der Waals surface area contributed by atoms with E-state index in [9.17, 15) is 14.0 Å². The maximum absolute atomic E-state index is 13.0. The van der Waals surface area contributed by atoms with Gasteiger partial charge in [-0.25, -0.2) is 4.39 Å². The summed E-state index contributed by atoms with van der Waals surface area (Å²) in [7, 11) is 0. The molecule has 0 aliphatic rings. The Bertz CT molecular complexity index is 503. The van der Waals surface area contributed by atoms with Crippen LogP contribution in [0, 0.1) is 5.82 Å². The summed E-state index contributed by atoms with van der Waals surface area (Å²) < 4.78 is 13.0. The fraction of sp³-hybridized carbons (Fsp3) is 0.429. The fourth-order valence-electron chi connectivity index (χ4n) is 1.77. The lowest BCUT2D eigenvalue weighted by Gasteiger charge is -2.21. The molecular formula is C14H20FN3O2. The quantitative estimate of drug-likeness (QED) is 0.801. The van der Waals surface area contributed by atoms with Crippen molar-refractivity contribution in [1.29, 1.82) is 0 Å². The third-order valence-corrected chi connectivity index (χ3v) is 2.70. The molecular weight excluding hydrogens is 261 g/mol. The van der Waals surface area contributed by atoms with Crippen molar-refractivity contribution in [3.8, 4) is 0 Å². The molecule has 0 heterocycles. The number of nitrogens with two attached hydrogens (primary N) is 1. The summed E-state index contributed by atoms with van der Waals surface area (Å²) in [5.74, 6) is -1.13. The van der Waals surface area contributed by atoms with Crippen molar-refractivity contribution in [2.24, 2.45) is 0 Å². The molecule has 1 aromatic carbocycles. The smallest absolute Gasteiger partial charge is 0.256 e. The SMILES string of the molecule is CCN(CC(=O)NC(C)C)C(=O)c1ccc(F)cc1N. The standard InChI is InChI=1S/C14H20FN3O2/c1-4-18(8-13(19)17-9(2)3)14(20)11-6-5-10(15)7-12(11)16/h5-7,9H,4,8,16H2,1-3H3,(H,17,19). The van der Waals surface area contributed by atoms with Gasteiger partial charge in [-0.05, 0) is 39.0 Å². The number of nitrogens with zero attached hydrogens (tertiary/aromatic N) is 1. The number of nitrogens with one attached hydrogen (secondary N) is 1. The minimum Gasteiger partial charge on any atom is -0.398 e. The minimum absolute atomic E-state index is 0.00667. The van der Waals surface area contributed by atoms with Crippen LogP contribution < -0.4 is 11.1 Å². The maximum Gasteiger partial charge on any atom is 0.256 e. The lowest BCUT2D eigenvalue weighted by atomic mass is 10.1. The third kappa shape index (κ3) is 4.22. The van der Waals surface area contributed by atoms with Crippen molar-refractivity contribution < 1.29 is 14.0 Å². The Morgan fingerprint density at radius 2 is 2.05 bits per heavy atom. The summed E-state index contributed by atoms with van der Waals surface area (Å²) in [5, 5.41) is 2.71. The second kappa shape index (κ2) is 6.88. The van der Waals surface area contributed by atoms with Crippen molar-refractivity contribution in [3.05, 3.63) is 29.6 Å². The average molecular weight is 281 g/mol. The van der Waals surface area contributed by atoms with Gasteiger partial charge in [-0.3, -0.25) is 9.59 Å². The summed E-state index contributed by atoms with van der Waals surface area (Å²) in [4.78, 5) is 25.3. The van der Waals surface area contributed by atoms with Gasteiger partial charge in [-0.15, -0.1) is 0 Å². The first-order valence-electron chi connectivity index (χ1n) is 6.48. The van der Waals surface area contributed by atoms with Crippen LogP contribution in [0.25, 0.3) is 0 Å². The zero-order chi connectivity index (χ0) is 15.3. The van der Waals surface area contributed by atoms with Crippen molar-refractivity contribution >= 4 is 17.5 Å². The number of benzene rings is 1. The zero-order valence-corrected chi connectivity index (χ0v) is 11.9. The Labute approximate surface area is 117 Å². The molecule has 1 rings (SSSR count). The lowest BCUT2D eigenvalue weighted by Crippen LogP contribution is -2.42. The second-order valence-electron chi connectivity index (χ2n) is 4.77. The van der Waals surface area contributed by atoms with Gasteiger partial charge in [-0.1, -0.05) is 0 Å². The number of hydrogen-bond donors (Lipinski definition) is 2. The number of carbonyl (C=O) groups excluding carboxylic acids is 2.